The number of furan rings is 1. The molecule has 8 nitrogen and oxygen atoms in total. The number of benzene rings is 2. The Labute approximate surface area is 177 Å². The van der Waals surface area contributed by atoms with Crippen molar-refractivity contribution in [3.8, 4) is 0 Å². The molecule has 0 atom stereocenters. The first-order valence-electron chi connectivity index (χ1n) is 9.22. The quantitative estimate of drug-likeness (QED) is 0.473. The summed E-state index contributed by atoms with van der Waals surface area (Å²) < 4.78 is 49.0. The maximum Gasteiger partial charge on any atom is 0.416 e. The van der Waals surface area contributed by atoms with Gasteiger partial charge in [-0.05, 0) is 36.4 Å². The standard InChI is InChI=1S/C21H14F3N3O5/c22-21(23,24)12-5-7-13(8-6-12)26-16(28)10-31-17(29)9-27-11-25-18-14-3-1-2-4-15(14)32-19(18)20(27)30/h1-8,11H,9-10H2,(H,26,28). The van der Waals surface area contributed by atoms with Crippen LogP contribution in [0.2, 0.25) is 0 Å². The summed E-state index contributed by atoms with van der Waals surface area (Å²) in [5.41, 5.74) is -0.505. The summed E-state index contributed by atoms with van der Waals surface area (Å²) in [6.45, 7) is -1.19. The maximum atomic E-state index is 12.6. The van der Waals surface area contributed by atoms with Crippen molar-refractivity contribution in [2.24, 2.45) is 0 Å². The van der Waals surface area contributed by atoms with Crippen LogP contribution in [0.1, 0.15) is 5.56 Å². The number of aromatic nitrogens is 2. The number of hydrogen-bond acceptors (Lipinski definition) is 6. The monoisotopic (exact) mass is 445 g/mol. The van der Waals surface area contributed by atoms with Gasteiger partial charge >= 0.3 is 12.1 Å². The van der Waals surface area contributed by atoms with Gasteiger partial charge in [0.25, 0.3) is 11.5 Å². The van der Waals surface area contributed by atoms with Gasteiger partial charge in [0, 0.05) is 11.1 Å². The molecule has 2 aromatic carbocycles. The number of amides is 1. The van der Waals surface area contributed by atoms with Crippen LogP contribution in [0.4, 0.5) is 18.9 Å². The Morgan fingerprint density at radius 2 is 1.81 bits per heavy atom. The van der Waals surface area contributed by atoms with Gasteiger partial charge in [-0.2, -0.15) is 13.2 Å². The molecule has 0 aliphatic rings. The van der Waals surface area contributed by atoms with Gasteiger partial charge in [-0.1, -0.05) is 12.1 Å². The lowest BCUT2D eigenvalue weighted by Gasteiger charge is -2.09. The molecule has 11 heteroatoms. The first-order chi connectivity index (χ1) is 15.2. The number of halogens is 3. The zero-order valence-electron chi connectivity index (χ0n) is 16.2. The molecular formula is C21H14F3N3O5. The van der Waals surface area contributed by atoms with Crippen LogP contribution in [-0.4, -0.2) is 28.0 Å². The SMILES string of the molecule is O=C(COC(=O)Cn1cnc2c(oc3ccccc32)c1=O)Nc1ccc(C(F)(F)F)cc1. The van der Waals surface area contributed by atoms with E-state index in [1.165, 1.54) is 6.33 Å². The van der Waals surface area contributed by atoms with E-state index in [4.69, 9.17) is 9.15 Å². The fourth-order valence-corrected chi connectivity index (χ4v) is 3.00. The molecule has 4 rings (SSSR count). The van der Waals surface area contributed by atoms with E-state index < -0.39 is 42.3 Å². The first kappa shape index (κ1) is 21.1. The molecule has 0 radical (unpaired) electrons. The molecule has 2 heterocycles. The molecule has 164 valence electrons. The molecule has 0 fully saturated rings. The van der Waals surface area contributed by atoms with Gasteiger partial charge in [0.05, 0.1) is 11.9 Å². The third-order valence-corrected chi connectivity index (χ3v) is 4.51. The zero-order chi connectivity index (χ0) is 22.9. The van der Waals surface area contributed by atoms with Crippen LogP contribution in [0, 0.1) is 0 Å². The number of nitrogens with one attached hydrogen (secondary N) is 1. The molecule has 0 spiro atoms. The highest BCUT2D eigenvalue weighted by atomic mass is 19.4. The van der Waals surface area contributed by atoms with Crippen molar-refractivity contribution in [1.29, 1.82) is 0 Å². The van der Waals surface area contributed by atoms with Crippen molar-refractivity contribution in [2.45, 2.75) is 12.7 Å². The van der Waals surface area contributed by atoms with Crippen molar-refractivity contribution in [3.63, 3.8) is 0 Å². The molecular weight excluding hydrogens is 431 g/mol. The normalized spacial score (nSPS) is 11.6. The third-order valence-electron chi connectivity index (χ3n) is 4.51. The Bertz CT molecular complexity index is 1370. The molecule has 0 aliphatic carbocycles. The van der Waals surface area contributed by atoms with Gasteiger partial charge < -0.3 is 14.5 Å². The Hall–Kier alpha value is -4.15. The molecule has 1 N–H and O–H groups in total. The lowest BCUT2D eigenvalue weighted by molar-refractivity contribution is -0.148. The Kier molecular flexibility index (Phi) is 5.39. The number of fused-ring (bicyclic) bond motifs is 3. The van der Waals surface area contributed by atoms with Crippen LogP contribution in [0.5, 0.6) is 0 Å². The van der Waals surface area contributed by atoms with E-state index in [9.17, 15) is 27.6 Å². The van der Waals surface area contributed by atoms with Crippen LogP contribution in [0.3, 0.4) is 0 Å². The zero-order valence-corrected chi connectivity index (χ0v) is 16.2. The van der Waals surface area contributed by atoms with Crippen molar-refractivity contribution in [1.82, 2.24) is 9.55 Å². The van der Waals surface area contributed by atoms with Gasteiger partial charge in [-0.15, -0.1) is 0 Å². The number of rotatable bonds is 5. The van der Waals surface area contributed by atoms with Crippen LogP contribution >= 0.6 is 0 Å². The first-order valence-corrected chi connectivity index (χ1v) is 9.22. The second-order valence-corrected chi connectivity index (χ2v) is 6.74. The van der Waals surface area contributed by atoms with E-state index in [-0.39, 0.29) is 11.3 Å². The minimum Gasteiger partial charge on any atom is -0.454 e. The molecule has 32 heavy (non-hydrogen) atoms. The highest BCUT2D eigenvalue weighted by Gasteiger charge is 2.30. The van der Waals surface area contributed by atoms with Gasteiger partial charge in [0.2, 0.25) is 5.58 Å². The van der Waals surface area contributed by atoms with Gasteiger partial charge in [0.15, 0.2) is 6.61 Å². The lowest BCUT2D eigenvalue weighted by Crippen LogP contribution is -2.27. The molecule has 1 amide bonds. The fourth-order valence-electron chi connectivity index (χ4n) is 3.00. The largest absolute Gasteiger partial charge is 0.454 e. The second kappa shape index (κ2) is 8.17. The predicted octanol–water partition coefficient (Wildman–Crippen LogP) is 3.34. The van der Waals surface area contributed by atoms with Crippen LogP contribution in [-0.2, 0) is 27.0 Å². The van der Waals surface area contributed by atoms with Crippen molar-refractivity contribution in [2.75, 3.05) is 11.9 Å². The molecule has 0 bridgehead atoms. The lowest BCUT2D eigenvalue weighted by atomic mass is 10.2. The summed E-state index contributed by atoms with van der Waals surface area (Å²) in [4.78, 5) is 40.7. The summed E-state index contributed by atoms with van der Waals surface area (Å²) in [6, 6.07) is 10.7. The summed E-state index contributed by atoms with van der Waals surface area (Å²) in [7, 11) is 0. The summed E-state index contributed by atoms with van der Waals surface area (Å²) in [6.07, 6.45) is -3.31. The highest BCUT2D eigenvalue weighted by molar-refractivity contribution is 6.01. The number of alkyl halides is 3. The minimum absolute atomic E-state index is 0.0125. The number of hydrogen-bond donors (Lipinski definition) is 1. The van der Waals surface area contributed by atoms with Gasteiger partial charge in [-0.3, -0.25) is 19.0 Å². The highest BCUT2D eigenvalue weighted by Crippen LogP contribution is 2.29. The number of carbonyl (C=O) groups is 2. The number of esters is 1. The molecule has 0 unspecified atom stereocenters. The molecule has 4 aromatic rings. The van der Waals surface area contributed by atoms with Crippen LogP contribution < -0.4 is 10.9 Å². The van der Waals surface area contributed by atoms with E-state index in [2.05, 4.69) is 10.3 Å². The fraction of sp³-hybridized carbons (Fsp3) is 0.143. The Morgan fingerprint density at radius 1 is 1.09 bits per heavy atom. The molecule has 0 saturated carbocycles. The number of anilines is 1. The van der Waals surface area contributed by atoms with Gasteiger partial charge in [0.1, 0.15) is 17.6 Å². The summed E-state index contributed by atoms with van der Waals surface area (Å²) in [5, 5.41) is 2.97. The third kappa shape index (κ3) is 4.31. The van der Waals surface area contributed by atoms with E-state index in [1.807, 2.05) is 0 Å². The minimum atomic E-state index is -4.49. The van der Waals surface area contributed by atoms with E-state index >= 15 is 0 Å². The number of carbonyl (C=O) groups excluding carboxylic acids is 2. The Balaban J connectivity index is 1.37. The smallest absolute Gasteiger partial charge is 0.416 e. The summed E-state index contributed by atoms with van der Waals surface area (Å²) in [5.74, 6) is -1.64. The van der Waals surface area contributed by atoms with Crippen molar-refractivity contribution in [3.05, 3.63) is 70.8 Å². The van der Waals surface area contributed by atoms with E-state index in [0.717, 1.165) is 28.8 Å². The van der Waals surface area contributed by atoms with Crippen molar-refractivity contribution < 1.29 is 31.9 Å². The van der Waals surface area contributed by atoms with Gasteiger partial charge in [-0.25, -0.2) is 4.98 Å². The predicted molar refractivity (Wildman–Crippen MR) is 107 cm³/mol. The van der Waals surface area contributed by atoms with E-state index in [0.29, 0.717) is 16.5 Å². The maximum absolute atomic E-state index is 12.6. The molecule has 0 aliphatic heterocycles. The Morgan fingerprint density at radius 3 is 2.53 bits per heavy atom. The molecule has 2 aromatic heterocycles. The number of para-hydroxylation sites is 1. The summed E-state index contributed by atoms with van der Waals surface area (Å²) >= 11 is 0. The van der Waals surface area contributed by atoms with Crippen LogP contribution in [0.25, 0.3) is 22.1 Å². The number of ether oxygens (including phenoxy) is 1. The molecule has 0 saturated heterocycles. The van der Waals surface area contributed by atoms with Crippen molar-refractivity contribution >= 4 is 39.6 Å². The average molecular weight is 445 g/mol. The topological polar surface area (TPSA) is 103 Å². The van der Waals surface area contributed by atoms with E-state index in [1.54, 1.807) is 24.3 Å². The second-order valence-electron chi connectivity index (χ2n) is 6.74. The average Bonchev–Trinajstić information content (AvgIpc) is 3.14. The van der Waals surface area contributed by atoms with Crippen LogP contribution in [0.15, 0.2) is 64.1 Å². The number of nitrogens with zero attached hydrogens (tertiary/aromatic N) is 2.